The summed E-state index contributed by atoms with van der Waals surface area (Å²) >= 11 is 0. The molecule has 1 aliphatic carbocycles. The molecule has 0 atom stereocenters. The molecule has 2 heterocycles. The largest absolute Gasteiger partial charge is 0.514 e. The maximum Gasteiger partial charge on any atom is 0.514 e. The highest BCUT2D eigenvalue weighted by Gasteiger charge is 2.36. The number of anilines is 2. The van der Waals surface area contributed by atoms with Gasteiger partial charge in [0.05, 0.1) is 27.7 Å². The van der Waals surface area contributed by atoms with Gasteiger partial charge in [-0.1, -0.05) is 6.07 Å². The first kappa shape index (κ1) is 25.7. The average Bonchev–Trinajstić information content (AvgIpc) is 3.35. The van der Waals surface area contributed by atoms with Crippen LogP contribution in [0, 0.1) is 10.1 Å². The molecule has 200 valence electrons. The number of carbonyl (C=O) groups is 1. The SMILES string of the molecule is CC(C)(C)n1nc(C2CC(OC(=O)Oc3ccc([N+](=O)[O-])cc3)C2)cc1Nc1ccc2c(c1)CS(=O)(=O)C2. The number of nitrogens with zero attached hydrogens (tertiary/aromatic N) is 3. The lowest BCUT2D eigenvalue weighted by atomic mass is 9.80. The summed E-state index contributed by atoms with van der Waals surface area (Å²) in [6.07, 6.45) is 0.00295. The molecule has 2 aromatic carbocycles. The first-order valence-corrected chi connectivity index (χ1v) is 14.0. The number of hydrogen-bond acceptors (Lipinski definition) is 9. The molecular formula is C26H28N4O7S. The van der Waals surface area contributed by atoms with Crippen molar-refractivity contribution in [2.75, 3.05) is 5.32 Å². The van der Waals surface area contributed by atoms with Crippen molar-refractivity contribution in [3.05, 3.63) is 75.5 Å². The van der Waals surface area contributed by atoms with E-state index in [2.05, 4.69) is 5.32 Å². The van der Waals surface area contributed by atoms with Gasteiger partial charge in [-0.05, 0) is 69.0 Å². The summed E-state index contributed by atoms with van der Waals surface area (Å²) in [5.74, 6) is 1.19. The molecule has 1 aliphatic heterocycles. The normalized spacial score (nSPS) is 19.8. The number of fused-ring (bicyclic) bond motifs is 1. The molecule has 0 amide bonds. The highest BCUT2D eigenvalue weighted by atomic mass is 32.2. The van der Waals surface area contributed by atoms with Crippen LogP contribution in [0.2, 0.25) is 0 Å². The van der Waals surface area contributed by atoms with Crippen molar-refractivity contribution >= 4 is 33.2 Å². The van der Waals surface area contributed by atoms with Crippen LogP contribution in [0.3, 0.4) is 0 Å². The fourth-order valence-corrected chi connectivity index (χ4v) is 6.25. The van der Waals surface area contributed by atoms with Crippen LogP contribution in [0.25, 0.3) is 0 Å². The summed E-state index contributed by atoms with van der Waals surface area (Å²) in [7, 11) is -3.08. The van der Waals surface area contributed by atoms with Crippen molar-refractivity contribution in [2.45, 2.75) is 62.7 Å². The highest BCUT2D eigenvalue weighted by Crippen LogP contribution is 2.40. The van der Waals surface area contributed by atoms with Crippen LogP contribution in [-0.4, -0.2) is 35.4 Å². The van der Waals surface area contributed by atoms with Crippen molar-refractivity contribution in [1.82, 2.24) is 9.78 Å². The average molecular weight is 541 g/mol. The summed E-state index contributed by atoms with van der Waals surface area (Å²) in [4.78, 5) is 22.4. The van der Waals surface area contributed by atoms with Crippen LogP contribution in [0.15, 0.2) is 48.5 Å². The topological polar surface area (TPSA) is 143 Å². The Labute approximate surface area is 219 Å². The molecular weight excluding hydrogens is 512 g/mol. The van der Waals surface area contributed by atoms with Gasteiger partial charge in [0.25, 0.3) is 5.69 Å². The molecule has 0 unspecified atom stereocenters. The number of ether oxygens (including phenoxy) is 2. The number of non-ortho nitro benzene ring substituents is 1. The molecule has 3 aromatic rings. The molecule has 1 fully saturated rings. The van der Waals surface area contributed by atoms with Gasteiger partial charge in [-0.2, -0.15) is 5.10 Å². The maximum absolute atomic E-state index is 12.1. The van der Waals surface area contributed by atoms with E-state index < -0.39 is 20.9 Å². The number of hydrogen-bond donors (Lipinski definition) is 1. The van der Waals surface area contributed by atoms with Gasteiger partial charge in [-0.25, -0.2) is 17.9 Å². The van der Waals surface area contributed by atoms with Crippen LogP contribution in [-0.2, 0) is 31.6 Å². The van der Waals surface area contributed by atoms with Crippen molar-refractivity contribution in [3.63, 3.8) is 0 Å². The Kier molecular flexibility index (Phi) is 6.38. The summed E-state index contributed by atoms with van der Waals surface area (Å²) in [5.41, 5.74) is 2.91. The summed E-state index contributed by atoms with van der Waals surface area (Å²) < 4.78 is 36.4. The fourth-order valence-electron chi connectivity index (χ4n) is 4.65. The van der Waals surface area contributed by atoms with E-state index in [-0.39, 0.29) is 40.5 Å². The van der Waals surface area contributed by atoms with E-state index in [1.165, 1.54) is 24.3 Å². The summed E-state index contributed by atoms with van der Waals surface area (Å²) in [5, 5.41) is 19.0. The first-order chi connectivity index (χ1) is 17.9. The van der Waals surface area contributed by atoms with Gasteiger partial charge in [0.15, 0.2) is 9.84 Å². The number of sulfone groups is 1. The Hall–Kier alpha value is -3.93. The summed E-state index contributed by atoms with van der Waals surface area (Å²) in [6, 6.07) is 12.8. The maximum atomic E-state index is 12.1. The third kappa shape index (κ3) is 5.49. The van der Waals surface area contributed by atoms with Gasteiger partial charge in [-0.15, -0.1) is 0 Å². The quantitative estimate of drug-likeness (QED) is 0.194. The minimum atomic E-state index is -3.08. The second-order valence-corrected chi connectivity index (χ2v) is 12.8. The molecule has 5 rings (SSSR count). The van der Waals surface area contributed by atoms with Crippen molar-refractivity contribution in [1.29, 1.82) is 0 Å². The predicted octanol–water partition coefficient (Wildman–Crippen LogP) is 5.18. The van der Waals surface area contributed by atoms with E-state index in [4.69, 9.17) is 14.6 Å². The molecule has 1 aromatic heterocycles. The number of nitro benzene ring substituents is 1. The second kappa shape index (κ2) is 9.43. The second-order valence-electron chi connectivity index (χ2n) is 10.7. The van der Waals surface area contributed by atoms with Crippen LogP contribution in [0.4, 0.5) is 22.0 Å². The first-order valence-electron chi connectivity index (χ1n) is 12.2. The molecule has 0 saturated heterocycles. The summed E-state index contributed by atoms with van der Waals surface area (Å²) in [6.45, 7) is 6.14. The third-order valence-electron chi connectivity index (χ3n) is 6.62. The van der Waals surface area contributed by atoms with E-state index in [1.807, 2.05) is 49.7 Å². The lowest BCUT2D eigenvalue weighted by molar-refractivity contribution is -0.384. The van der Waals surface area contributed by atoms with Crippen LogP contribution in [0.5, 0.6) is 5.75 Å². The zero-order valence-corrected chi connectivity index (χ0v) is 22.0. The zero-order valence-electron chi connectivity index (χ0n) is 21.2. The number of rotatable bonds is 6. The fraction of sp³-hybridized carbons (Fsp3) is 0.385. The van der Waals surface area contributed by atoms with Crippen LogP contribution < -0.4 is 10.1 Å². The molecule has 12 heteroatoms. The Morgan fingerprint density at radius 1 is 1.08 bits per heavy atom. The number of nitrogens with one attached hydrogen (secondary N) is 1. The molecule has 1 saturated carbocycles. The lowest BCUT2D eigenvalue weighted by Gasteiger charge is -2.33. The Morgan fingerprint density at radius 2 is 1.76 bits per heavy atom. The van der Waals surface area contributed by atoms with E-state index >= 15 is 0 Å². The number of benzene rings is 2. The zero-order chi connectivity index (χ0) is 27.2. The Morgan fingerprint density at radius 3 is 2.42 bits per heavy atom. The Balaban J connectivity index is 1.22. The third-order valence-corrected chi connectivity index (χ3v) is 8.12. The molecule has 1 N–H and O–H groups in total. The van der Waals surface area contributed by atoms with Gasteiger partial charge >= 0.3 is 6.16 Å². The predicted molar refractivity (Wildman–Crippen MR) is 139 cm³/mol. The highest BCUT2D eigenvalue weighted by molar-refractivity contribution is 7.90. The van der Waals surface area contributed by atoms with Crippen LogP contribution >= 0.6 is 0 Å². The molecule has 11 nitrogen and oxygen atoms in total. The minimum absolute atomic E-state index is 0.0533. The number of aromatic nitrogens is 2. The molecule has 0 spiro atoms. The van der Waals surface area contributed by atoms with Crippen LogP contribution in [0.1, 0.15) is 56.4 Å². The van der Waals surface area contributed by atoms with Gasteiger partial charge in [0, 0.05) is 29.8 Å². The lowest BCUT2D eigenvalue weighted by Crippen LogP contribution is -2.33. The van der Waals surface area contributed by atoms with E-state index in [0.717, 1.165) is 28.3 Å². The smallest absolute Gasteiger partial charge is 0.431 e. The molecule has 0 bridgehead atoms. The van der Waals surface area contributed by atoms with Gasteiger partial charge in [0.1, 0.15) is 17.7 Å². The number of nitro groups is 1. The van der Waals surface area contributed by atoms with Crippen molar-refractivity contribution in [3.8, 4) is 5.75 Å². The van der Waals surface area contributed by atoms with Gasteiger partial charge in [0.2, 0.25) is 0 Å². The standard InChI is InChI=1S/C26H28N4O7S/c1-26(2,3)29-24(27-19-5-4-16-14-38(34,35)15-18(16)10-19)13-23(28-29)17-11-22(12-17)37-25(31)36-21-8-6-20(7-9-21)30(32)33/h4-10,13,17,22,27H,11-12,14-15H2,1-3H3. The van der Waals surface area contributed by atoms with Gasteiger partial charge in [-0.3, -0.25) is 10.1 Å². The van der Waals surface area contributed by atoms with E-state index in [9.17, 15) is 23.3 Å². The van der Waals surface area contributed by atoms with E-state index in [0.29, 0.717) is 12.8 Å². The van der Waals surface area contributed by atoms with Crippen molar-refractivity contribution < 1.29 is 27.6 Å². The van der Waals surface area contributed by atoms with Gasteiger partial charge < -0.3 is 14.8 Å². The molecule has 38 heavy (non-hydrogen) atoms. The minimum Gasteiger partial charge on any atom is -0.431 e. The van der Waals surface area contributed by atoms with E-state index in [1.54, 1.807) is 0 Å². The van der Waals surface area contributed by atoms with Crippen molar-refractivity contribution in [2.24, 2.45) is 0 Å². The number of carbonyl (C=O) groups excluding carboxylic acids is 1. The molecule has 0 radical (unpaired) electrons. The monoisotopic (exact) mass is 540 g/mol. The Bertz CT molecular complexity index is 1500. The molecule has 2 aliphatic rings.